The van der Waals surface area contributed by atoms with Crippen LogP contribution < -0.4 is 10.2 Å². The maximum Gasteiger partial charge on any atom is 0.251 e. The molecule has 8 heteroatoms. The maximum absolute atomic E-state index is 12.5. The lowest BCUT2D eigenvalue weighted by molar-refractivity contribution is -0.116. The molecule has 3 aromatic rings. The molecule has 0 radical (unpaired) electrons. The number of anilines is 1. The molecule has 0 aliphatic carbocycles. The molecule has 4 rings (SSSR count). The van der Waals surface area contributed by atoms with Gasteiger partial charge in [0.25, 0.3) is 5.91 Å². The summed E-state index contributed by atoms with van der Waals surface area (Å²) in [6.45, 7) is 2.34. The van der Waals surface area contributed by atoms with Crippen LogP contribution in [0, 0.1) is 6.92 Å². The Kier molecular flexibility index (Phi) is 5.12. The second-order valence-corrected chi connectivity index (χ2v) is 7.37. The predicted octanol–water partition coefficient (Wildman–Crippen LogP) is 2.95. The normalized spacial score (nSPS) is 13.3. The fourth-order valence-electron chi connectivity index (χ4n) is 2.95. The van der Waals surface area contributed by atoms with E-state index in [1.54, 1.807) is 24.0 Å². The molecule has 0 spiro atoms. The monoisotopic (exact) mass is 394 g/mol. The molecule has 0 fully saturated rings. The van der Waals surface area contributed by atoms with Crippen LogP contribution in [0.1, 0.15) is 27.6 Å². The highest BCUT2D eigenvalue weighted by Crippen LogP contribution is 2.36. The summed E-state index contributed by atoms with van der Waals surface area (Å²) in [5.74, 6) is 1.02. The molecule has 1 aromatic heterocycles. The summed E-state index contributed by atoms with van der Waals surface area (Å²) >= 11 is 1.49. The lowest BCUT2D eigenvalue weighted by Gasteiger charge is -2.29. The summed E-state index contributed by atoms with van der Waals surface area (Å²) in [5.41, 5.74) is 2.27. The molecule has 0 saturated heterocycles. The predicted molar refractivity (Wildman–Crippen MR) is 105 cm³/mol. The minimum absolute atomic E-state index is 0.0280. The SMILES string of the molecule is Cc1noc(CNC(=O)c2ccc3c(c2)N(Cc2ccccc2)C(=O)CS3)n1. The lowest BCUT2D eigenvalue weighted by atomic mass is 10.1. The standard InChI is InChI=1S/C20H18N4O3S/c1-13-22-18(27-23-13)10-21-20(26)15-7-8-17-16(9-15)24(19(25)12-28-17)11-14-5-3-2-4-6-14/h2-9H,10-12H2,1H3,(H,21,26). The third-order valence-electron chi connectivity index (χ3n) is 4.32. The van der Waals surface area contributed by atoms with Crippen LogP contribution in [0.15, 0.2) is 57.9 Å². The zero-order chi connectivity index (χ0) is 19.5. The number of amides is 2. The van der Waals surface area contributed by atoms with Crippen molar-refractivity contribution in [2.24, 2.45) is 0 Å². The van der Waals surface area contributed by atoms with Gasteiger partial charge in [0.1, 0.15) is 0 Å². The van der Waals surface area contributed by atoms with Crippen LogP contribution in [0.25, 0.3) is 0 Å². The first-order chi connectivity index (χ1) is 13.6. The molecule has 0 atom stereocenters. The van der Waals surface area contributed by atoms with Crippen LogP contribution in [0.2, 0.25) is 0 Å². The maximum atomic E-state index is 12.5. The van der Waals surface area contributed by atoms with E-state index in [4.69, 9.17) is 4.52 Å². The van der Waals surface area contributed by atoms with Crippen molar-refractivity contribution in [1.82, 2.24) is 15.5 Å². The molecule has 0 saturated carbocycles. The van der Waals surface area contributed by atoms with Crippen molar-refractivity contribution in [3.05, 3.63) is 71.4 Å². The number of hydrogen-bond acceptors (Lipinski definition) is 6. The molecule has 2 amide bonds. The zero-order valence-corrected chi connectivity index (χ0v) is 16.0. The van der Waals surface area contributed by atoms with Crippen molar-refractivity contribution in [2.45, 2.75) is 24.9 Å². The van der Waals surface area contributed by atoms with Crippen molar-refractivity contribution in [3.8, 4) is 0 Å². The lowest BCUT2D eigenvalue weighted by Crippen LogP contribution is -2.35. The van der Waals surface area contributed by atoms with E-state index in [1.807, 2.05) is 36.4 Å². The Balaban J connectivity index is 1.55. The van der Waals surface area contributed by atoms with Gasteiger partial charge in [-0.25, -0.2) is 0 Å². The third-order valence-corrected chi connectivity index (χ3v) is 5.36. The van der Waals surface area contributed by atoms with Gasteiger partial charge in [0.15, 0.2) is 5.82 Å². The molecule has 2 heterocycles. The van der Waals surface area contributed by atoms with E-state index in [2.05, 4.69) is 15.5 Å². The van der Waals surface area contributed by atoms with Crippen molar-refractivity contribution in [1.29, 1.82) is 0 Å². The second-order valence-electron chi connectivity index (χ2n) is 6.35. The topological polar surface area (TPSA) is 88.3 Å². The number of aryl methyl sites for hydroxylation is 1. The zero-order valence-electron chi connectivity index (χ0n) is 15.2. The Bertz CT molecular complexity index is 1020. The number of benzene rings is 2. The summed E-state index contributed by atoms with van der Waals surface area (Å²) in [5, 5.41) is 6.46. The van der Waals surface area contributed by atoms with Gasteiger partial charge >= 0.3 is 0 Å². The fourth-order valence-corrected chi connectivity index (χ4v) is 3.87. The van der Waals surface area contributed by atoms with Crippen molar-refractivity contribution in [3.63, 3.8) is 0 Å². The first kappa shape index (κ1) is 18.2. The van der Waals surface area contributed by atoms with Gasteiger partial charge in [-0.15, -0.1) is 11.8 Å². The van der Waals surface area contributed by atoms with Gasteiger partial charge < -0.3 is 14.7 Å². The quantitative estimate of drug-likeness (QED) is 0.716. The Morgan fingerprint density at radius 1 is 1.25 bits per heavy atom. The van der Waals surface area contributed by atoms with Crippen molar-refractivity contribution < 1.29 is 14.1 Å². The number of hydrogen-bond donors (Lipinski definition) is 1. The number of rotatable bonds is 5. The second kappa shape index (κ2) is 7.85. The van der Waals surface area contributed by atoms with Gasteiger partial charge in [-0.1, -0.05) is 35.5 Å². The number of fused-ring (bicyclic) bond motifs is 1. The molecular formula is C20H18N4O3S. The van der Waals surface area contributed by atoms with Crippen LogP contribution in [0.4, 0.5) is 5.69 Å². The van der Waals surface area contributed by atoms with Gasteiger partial charge in [-0.2, -0.15) is 4.98 Å². The average Bonchev–Trinajstić information content (AvgIpc) is 3.14. The van der Waals surface area contributed by atoms with E-state index in [0.717, 1.165) is 16.1 Å². The van der Waals surface area contributed by atoms with E-state index < -0.39 is 0 Å². The van der Waals surface area contributed by atoms with Crippen LogP contribution in [0.5, 0.6) is 0 Å². The number of carbonyl (C=O) groups is 2. The van der Waals surface area contributed by atoms with Crippen LogP contribution in [-0.4, -0.2) is 27.7 Å². The number of nitrogens with zero attached hydrogens (tertiary/aromatic N) is 3. The van der Waals surface area contributed by atoms with Crippen LogP contribution in [0.3, 0.4) is 0 Å². The largest absolute Gasteiger partial charge is 0.343 e. The van der Waals surface area contributed by atoms with E-state index >= 15 is 0 Å². The first-order valence-corrected chi connectivity index (χ1v) is 9.77. The highest BCUT2D eigenvalue weighted by atomic mass is 32.2. The molecular weight excluding hydrogens is 376 g/mol. The summed E-state index contributed by atoms with van der Waals surface area (Å²) in [7, 11) is 0. The van der Waals surface area contributed by atoms with Crippen LogP contribution >= 0.6 is 11.8 Å². The summed E-state index contributed by atoms with van der Waals surface area (Å²) in [4.78, 5) is 31.9. The Labute approximate surface area is 166 Å². The molecule has 7 nitrogen and oxygen atoms in total. The average molecular weight is 394 g/mol. The number of aromatic nitrogens is 2. The molecule has 1 N–H and O–H groups in total. The molecule has 0 unspecified atom stereocenters. The van der Waals surface area contributed by atoms with Gasteiger partial charge in [0.05, 0.1) is 24.5 Å². The molecule has 2 aromatic carbocycles. The van der Waals surface area contributed by atoms with E-state index in [9.17, 15) is 9.59 Å². The summed E-state index contributed by atoms with van der Waals surface area (Å²) in [6.07, 6.45) is 0. The van der Waals surface area contributed by atoms with Gasteiger partial charge in [-0.05, 0) is 30.7 Å². The van der Waals surface area contributed by atoms with E-state index in [0.29, 0.717) is 29.6 Å². The summed E-state index contributed by atoms with van der Waals surface area (Å²) < 4.78 is 5.01. The highest BCUT2D eigenvalue weighted by Gasteiger charge is 2.26. The highest BCUT2D eigenvalue weighted by molar-refractivity contribution is 8.00. The van der Waals surface area contributed by atoms with Crippen molar-refractivity contribution >= 4 is 29.3 Å². The molecule has 1 aliphatic rings. The Morgan fingerprint density at radius 2 is 2.07 bits per heavy atom. The van der Waals surface area contributed by atoms with Crippen LogP contribution in [-0.2, 0) is 17.9 Å². The number of thioether (sulfide) groups is 1. The van der Waals surface area contributed by atoms with E-state index in [-0.39, 0.29) is 18.4 Å². The molecule has 142 valence electrons. The Morgan fingerprint density at radius 3 is 2.82 bits per heavy atom. The number of nitrogens with one attached hydrogen (secondary N) is 1. The fraction of sp³-hybridized carbons (Fsp3) is 0.200. The molecule has 1 aliphatic heterocycles. The molecule has 28 heavy (non-hydrogen) atoms. The molecule has 0 bridgehead atoms. The van der Waals surface area contributed by atoms with E-state index in [1.165, 1.54) is 11.8 Å². The van der Waals surface area contributed by atoms with Gasteiger partial charge in [0.2, 0.25) is 11.8 Å². The Hall–Kier alpha value is -3.13. The summed E-state index contributed by atoms with van der Waals surface area (Å²) in [6, 6.07) is 15.2. The smallest absolute Gasteiger partial charge is 0.251 e. The third kappa shape index (κ3) is 3.91. The van der Waals surface area contributed by atoms with Gasteiger partial charge in [0, 0.05) is 10.5 Å². The van der Waals surface area contributed by atoms with Crippen molar-refractivity contribution in [2.75, 3.05) is 10.7 Å². The minimum Gasteiger partial charge on any atom is -0.343 e. The van der Waals surface area contributed by atoms with Gasteiger partial charge in [-0.3, -0.25) is 9.59 Å². The first-order valence-electron chi connectivity index (χ1n) is 8.78. The minimum atomic E-state index is -0.263. The number of carbonyl (C=O) groups excluding carboxylic acids is 2.